The van der Waals surface area contributed by atoms with Crippen molar-refractivity contribution in [2.75, 3.05) is 20.8 Å². The standard InChI is InChI=1S/C17H20N2O6/c1-24-16(20)13-12-4-3-9-18(12)15(14(13)17(21)25-2)10-5-7-11(8-6-10)19(22)23/h5-8,12-15H,3-4,9H2,1-2H3/t12-,13-,14+,15-/m1/s1. The van der Waals surface area contributed by atoms with Crippen LogP contribution in [-0.4, -0.2) is 48.6 Å². The number of ether oxygens (including phenoxy) is 2. The Morgan fingerprint density at radius 3 is 2.28 bits per heavy atom. The van der Waals surface area contributed by atoms with E-state index in [9.17, 15) is 19.7 Å². The maximum atomic E-state index is 12.5. The van der Waals surface area contributed by atoms with Crippen molar-refractivity contribution in [3.05, 3.63) is 39.9 Å². The van der Waals surface area contributed by atoms with Crippen LogP contribution in [0.5, 0.6) is 0 Å². The smallest absolute Gasteiger partial charge is 0.311 e. The molecule has 2 aliphatic heterocycles. The molecule has 2 saturated heterocycles. The zero-order chi connectivity index (χ0) is 18.1. The van der Waals surface area contributed by atoms with Gasteiger partial charge in [0, 0.05) is 24.2 Å². The first kappa shape index (κ1) is 17.3. The molecule has 1 aromatic carbocycles. The molecular formula is C17H20N2O6. The number of nitrogens with zero attached hydrogens (tertiary/aromatic N) is 2. The molecule has 4 atom stereocenters. The number of hydrogen-bond acceptors (Lipinski definition) is 7. The first-order valence-electron chi connectivity index (χ1n) is 8.15. The number of fused-ring (bicyclic) bond motifs is 1. The molecule has 3 rings (SSSR count). The van der Waals surface area contributed by atoms with Crippen LogP contribution in [0.25, 0.3) is 0 Å². The lowest BCUT2D eigenvalue weighted by molar-refractivity contribution is -0.384. The molecule has 0 amide bonds. The van der Waals surface area contributed by atoms with Crippen LogP contribution in [0.3, 0.4) is 0 Å². The van der Waals surface area contributed by atoms with E-state index in [-0.39, 0.29) is 17.8 Å². The number of nitro groups is 1. The van der Waals surface area contributed by atoms with Crippen molar-refractivity contribution in [1.29, 1.82) is 0 Å². The van der Waals surface area contributed by atoms with Gasteiger partial charge in [0.25, 0.3) is 5.69 Å². The van der Waals surface area contributed by atoms with Crippen LogP contribution in [0, 0.1) is 22.0 Å². The minimum Gasteiger partial charge on any atom is -0.469 e. The molecule has 8 nitrogen and oxygen atoms in total. The normalized spacial score (nSPS) is 28.4. The third-order valence-corrected chi connectivity index (χ3v) is 5.23. The number of carbonyl (C=O) groups is 2. The fourth-order valence-corrected chi connectivity index (χ4v) is 4.23. The molecule has 2 aliphatic rings. The Hall–Kier alpha value is -2.48. The summed E-state index contributed by atoms with van der Waals surface area (Å²) in [5, 5.41) is 10.9. The van der Waals surface area contributed by atoms with Gasteiger partial charge in [-0.25, -0.2) is 0 Å². The number of hydrogen-bond donors (Lipinski definition) is 0. The summed E-state index contributed by atoms with van der Waals surface area (Å²) in [6.07, 6.45) is 1.73. The average Bonchev–Trinajstić information content (AvgIpc) is 3.20. The number of nitro benzene ring substituents is 1. The van der Waals surface area contributed by atoms with Gasteiger partial charge in [-0.15, -0.1) is 0 Å². The third-order valence-electron chi connectivity index (χ3n) is 5.23. The molecule has 0 saturated carbocycles. The minimum atomic E-state index is -0.691. The fourth-order valence-electron chi connectivity index (χ4n) is 4.23. The molecule has 25 heavy (non-hydrogen) atoms. The predicted octanol–water partition coefficient (Wildman–Crippen LogP) is 1.69. The quantitative estimate of drug-likeness (QED) is 0.464. The lowest BCUT2D eigenvalue weighted by Gasteiger charge is -2.26. The monoisotopic (exact) mass is 348 g/mol. The zero-order valence-corrected chi connectivity index (χ0v) is 14.1. The van der Waals surface area contributed by atoms with Gasteiger partial charge in [0.15, 0.2) is 0 Å². The summed E-state index contributed by atoms with van der Waals surface area (Å²) in [6.45, 7) is 0.757. The van der Waals surface area contributed by atoms with Gasteiger partial charge in [-0.3, -0.25) is 24.6 Å². The van der Waals surface area contributed by atoms with E-state index in [2.05, 4.69) is 4.90 Å². The van der Waals surface area contributed by atoms with Crippen molar-refractivity contribution in [2.45, 2.75) is 24.9 Å². The van der Waals surface area contributed by atoms with Gasteiger partial charge in [-0.05, 0) is 24.9 Å². The molecule has 2 fully saturated rings. The highest BCUT2D eigenvalue weighted by Gasteiger charge is 2.57. The predicted molar refractivity (Wildman–Crippen MR) is 86.6 cm³/mol. The van der Waals surface area contributed by atoms with E-state index in [0.717, 1.165) is 24.9 Å². The van der Waals surface area contributed by atoms with E-state index >= 15 is 0 Å². The molecule has 0 N–H and O–H groups in total. The zero-order valence-electron chi connectivity index (χ0n) is 14.1. The van der Waals surface area contributed by atoms with E-state index in [1.165, 1.54) is 26.4 Å². The molecular weight excluding hydrogens is 328 g/mol. The minimum absolute atomic E-state index is 0.0149. The molecule has 0 aliphatic carbocycles. The topological polar surface area (TPSA) is 99.0 Å². The molecule has 0 aromatic heterocycles. The summed E-state index contributed by atoms with van der Waals surface area (Å²) in [5.74, 6) is -2.17. The second-order valence-electron chi connectivity index (χ2n) is 6.34. The van der Waals surface area contributed by atoms with Gasteiger partial charge < -0.3 is 9.47 Å². The van der Waals surface area contributed by atoms with E-state index in [1.807, 2.05) is 0 Å². The third kappa shape index (κ3) is 2.86. The Bertz CT molecular complexity index is 689. The number of carbonyl (C=O) groups excluding carboxylic acids is 2. The molecule has 0 unspecified atom stereocenters. The lowest BCUT2D eigenvalue weighted by atomic mass is 9.83. The molecule has 2 heterocycles. The maximum absolute atomic E-state index is 12.5. The van der Waals surface area contributed by atoms with Crippen molar-refractivity contribution in [1.82, 2.24) is 4.90 Å². The van der Waals surface area contributed by atoms with Crippen LogP contribution in [0.1, 0.15) is 24.4 Å². The van der Waals surface area contributed by atoms with Crippen molar-refractivity contribution in [3.8, 4) is 0 Å². The van der Waals surface area contributed by atoms with Gasteiger partial charge in [-0.2, -0.15) is 0 Å². The van der Waals surface area contributed by atoms with Crippen molar-refractivity contribution < 1.29 is 24.0 Å². The number of benzene rings is 1. The van der Waals surface area contributed by atoms with Crippen LogP contribution in [-0.2, 0) is 19.1 Å². The highest BCUT2D eigenvalue weighted by atomic mass is 16.6. The lowest BCUT2D eigenvalue weighted by Crippen LogP contribution is -2.35. The Balaban J connectivity index is 2.03. The summed E-state index contributed by atoms with van der Waals surface area (Å²) >= 11 is 0. The van der Waals surface area contributed by atoms with Gasteiger partial charge in [0.2, 0.25) is 0 Å². The van der Waals surface area contributed by atoms with Crippen molar-refractivity contribution >= 4 is 17.6 Å². The van der Waals surface area contributed by atoms with Crippen LogP contribution < -0.4 is 0 Å². The molecule has 0 radical (unpaired) electrons. The second-order valence-corrected chi connectivity index (χ2v) is 6.34. The van der Waals surface area contributed by atoms with Crippen LogP contribution >= 0.6 is 0 Å². The number of non-ortho nitro benzene ring substituents is 1. The number of esters is 2. The maximum Gasteiger partial charge on any atom is 0.311 e. The van der Waals surface area contributed by atoms with Crippen molar-refractivity contribution in [3.63, 3.8) is 0 Å². The first-order chi connectivity index (χ1) is 12.0. The van der Waals surface area contributed by atoms with Crippen molar-refractivity contribution in [2.24, 2.45) is 11.8 Å². The van der Waals surface area contributed by atoms with Gasteiger partial charge in [0.05, 0.1) is 31.0 Å². The molecule has 8 heteroatoms. The fraction of sp³-hybridized carbons (Fsp3) is 0.529. The molecule has 1 aromatic rings. The van der Waals surface area contributed by atoms with Gasteiger partial charge >= 0.3 is 11.9 Å². The van der Waals surface area contributed by atoms with Crippen LogP contribution in [0.2, 0.25) is 0 Å². The van der Waals surface area contributed by atoms with Gasteiger partial charge in [0.1, 0.15) is 0 Å². The second kappa shape index (κ2) is 6.79. The average molecular weight is 348 g/mol. The Morgan fingerprint density at radius 1 is 1.12 bits per heavy atom. The number of rotatable bonds is 4. The highest BCUT2D eigenvalue weighted by molar-refractivity contribution is 5.84. The van der Waals surface area contributed by atoms with E-state index in [0.29, 0.717) is 0 Å². The molecule has 134 valence electrons. The molecule has 0 spiro atoms. The van der Waals surface area contributed by atoms with Gasteiger partial charge in [-0.1, -0.05) is 12.1 Å². The van der Waals surface area contributed by atoms with Crippen LogP contribution in [0.4, 0.5) is 5.69 Å². The summed E-state index contributed by atoms with van der Waals surface area (Å²) in [7, 11) is 2.61. The van der Waals surface area contributed by atoms with E-state index in [1.54, 1.807) is 12.1 Å². The van der Waals surface area contributed by atoms with E-state index in [4.69, 9.17) is 9.47 Å². The summed E-state index contributed by atoms with van der Waals surface area (Å²) < 4.78 is 9.90. The Kier molecular flexibility index (Phi) is 4.71. The largest absolute Gasteiger partial charge is 0.469 e. The summed E-state index contributed by atoms with van der Waals surface area (Å²) in [4.78, 5) is 37.4. The SMILES string of the molecule is COC(=O)[C@H]1[C@H](C(=O)OC)[C@@H](c2ccc([N+](=O)[O-])cc2)N2CCC[C@H]12. The Labute approximate surface area is 144 Å². The Morgan fingerprint density at radius 2 is 1.72 bits per heavy atom. The molecule has 0 bridgehead atoms. The highest BCUT2D eigenvalue weighted by Crippen LogP contribution is 2.50. The van der Waals surface area contributed by atoms with Crippen LogP contribution in [0.15, 0.2) is 24.3 Å². The van der Waals surface area contributed by atoms with E-state index < -0.39 is 28.7 Å². The summed E-state index contributed by atoms with van der Waals surface area (Å²) in [5.41, 5.74) is 0.748. The summed E-state index contributed by atoms with van der Waals surface area (Å²) in [6, 6.07) is 5.68. The number of methoxy groups -OCH3 is 2. The first-order valence-corrected chi connectivity index (χ1v) is 8.15.